The summed E-state index contributed by atoms with van der Waals surface area (Å²) in [4.78, 5) is 22.3. The molecule has 4 aromatic rings. The number of benzene rings is 2. The van der Waals surface area contributed by atoms with Crippen molar-refractivity contribution < 1.29 is 14.6 Å². The molecule has 2 aromatic carbocycles. The highest BCUT2D eigenvalue weighted by Gasteiger charge is 2.41. The van der Waals surface area contributed by atoms with Gasteiger partial charge in [0.15, 0.2) is 5.65 Å². The van der Waals surface area contributed by atoms with Crippen LogP contribution in [0.1, 0.15) is 39.0 Å². The Morgan fingerprint density at radius 2 is 1.67 bits per heavy atom. The molecule has 2 saturated heterocycles. The summed E-state index contributed by atoms with van der Waals surface area (Å²) in [7, 11) is 1.00. The first-order chi connectivity index (χ1) is 20.9. The number of nitrogens with zero attached hydrogens (tertiary/aromatic N) is 5. The van der Waals surface area contributed by atoms with Gasteiger partial charge in [-0.15, -0.1) is 0 Å². The summed E-state index contributed by atoms with van der Waals surface area (Å²) < 4.78 is 7.97. The highest BCUT2D eigenvalue weighted by Crippen LogP contribution is 2.41. The number of fused-ring (bicyclic) bond motifs is 1. The van der Waals surface area contributed by atoms with Crippen molar-refractivity contribution in [1.82, 2.24) is 14.6 Å². The first-order valence-corrected chi connectivity index (χ1v) is 15.5. The molecule has 228 valence electrons. The third kappa shape index (κ3) is 6.17. The highest BCUT2D eigenvalue weighted by atomic mass is 35.5. The summed E-state index contributed by atoms with van der Waals surface area (Å²) in [6, 6.07) is 17.6. The Hall–Kier alpha value is -3.37. The van der Waals surface area contributed by atoms with Crippen LogP contribution in [-0.2, 0) is 9.53 Å². The fourth-order valence-electron chi connectivity index (χ4n) is 5.90. The third-order valence-corrected chi connectivity index (χ3v) is 8.76. The summed E-state index contributed by atoms with van der Waals surface area (Å²) in [5.74, 6) is 1.44. The monoisotopic (exact) mass is 624 g/mol. The third-order valence-electron chi connectivity index (χ3n) is 8.18. The van der Waals surface area contributed by atoms with Crippen molar-refractivity contribution in [3.63, 3.8) is 0 Å². The van der Waals surface area contributed by atoms with Crippen LogP contribution in [0.2, 0.25) is 10.0 Å². The number of ether oxygens (including phenoxy) is 1. The van der Waals surface area contributed by atoms with Gasteiger partial charge in [-0.2, -0.15) is 9.61 Å². The first kappa shape index (κ1) is 31.1. The van der Waals surface area contributed by atoms with Crippen LogP contribution in [0.3, 0.4) is 0 Å². The van der Waals surface area contributed by atoms with Crippen LogP contribution in [-0.4, -0.2) is 71.1 Å². The molecule has 2 fully saturated rings. The number of hydrogen-bond donors (Lipinski definition) is 2. The average Bonchev–Trinajstić information content (AvgIpc) is 3.70. The molecule has 11 heteroatoms. The van der Waals surface area contributed by atoms with Crippen molar-refractivity contribution >= 4 is 46.4 Å². The fourth-order valence-corrected chi connectivity index (χ4v) is 6.25. The number of rotatable bonds is 8. The molecule has 3 N–H and O–H groups in total. The van der Waals surface area contributed by atoms with Crippen LogP contribution in [0.25, 0.3) is 28.0 Å². The number of amides is 1. The lowest BCUT2D eigenvalue weighted by Gasteiger charge is -2.40. The van der Waals surface area contributed by atoms with Crippen LogP contribution < -0.4 is 15.5 Å². The standard InChI is InChI=1S/C31H34Cl2N6O2.CH4O/c1-2-19-41-31(30(34)40)13-17-38(18-14-31)26-20-25(37-15-5-6-16-37)35-29-27(21-9-11-22(32)12-10-21)28(36-39(26)29)23-7-3-4-8-24(23)33;1-2/h3-4,7-12,20H,2,5-6,13-19H2,1H3,(H2,34,40);2H,1H3. The van der Waals surface area contributed by atoms with Crippen molar-refractivity contribution in [2.24, 2.45) is 5.73 Å². The molecule has 9 nitrogen and oxygen atoms in total. The molecule has 0 unspecified atom stereocenters. The van der Waals surface area contributed by atoms with Gasteiger partial charge in [0.05, 0.1) is 10.6 Å². The summed E-state index contributed by atoms with van der Waals surface area (Å²) in [6.45, 7) is 5.65. The maximum atomic E-state index is 12.5. The number of carbonyl (C=O) groups is 1. The van der Waals surface area contributed by atoms with Gasteiger partial charge in [-0.05, 0) is 43.0 Å². The van der Waals surface area contributed by atoms with E-state index < -0.39 is 11.5 Å². The Morgan fingerprint density at radius 1 is 1.00 bits per heavy atom. The molecule has 2 aliphatic rings. The zero-order chi connectivity index (χ0) is 30.6. The second-order valence-electron chi connectivity index (χ2n) is 10.8. The van der Waals surface area contributed by atoms with E-state index in [4.69, 9.17) is 48.9 Å². The topological polar surface area (TPSA) is 109 Å². The van der Waals surface area contributed by atoms with Gasteiger partial charge in [0.25, 0.3) is 0 Å². The number of halogens is 2. The van der Waals surface area contributed by atoms with E-state index in [2.05, 4.69) is 15.9 Å². The molecule has 0 atom stereocenters. The van der Waals surface area contributed by atoms with Crippen molar-refractivity contribution in [3.05, 3.63) is 64.6 Å². The van der Waals surface area contributed by atoms with E-state index in [0.717, 1.165) is 79.1 Å². The lowest BCUT2D eigenvalue weighted by Crippen LogP contribution is -2.54. The van der Waals surface area contributed by atoms with E-state index in [1.807, 2.05) is 60.0 Å². The van der Waals surface area contributed by atoms with Gasteiger partial charge in [-0.1, -0.05) is 60.5 Å². The van der Waals surface area contributed by atoms with E-state index in [9.17, 15) is 4.79 Å². The van der Waals surface area contributed by atoms with Gasteiger partial charge in [-0.3, -0.25) is 4.79 Å². The second kappa shape index (κ2) is 13.5. The summed E-state index contributed by atoms with van der Waals surface area (Å²) in [5, 5.41) is 13.4. The quantitative estimate of drug-likeness (QED) is 0.254. The lowest BCUT2D eigenvalue weighted by molar-refractivity contribution is -0.147. The van der Waals surface area contributed by atoms with Crippen LogP contribution in [0.15, 0.2) is 54.6 Å². The van der Waals surface area contributed by atoms with Gasteiger partial charge in [-0.25, -0.2) is 4.98 Å². The fraction of sp³-hybridized carbons (Fsp3) is 0.406. The summed E-state index contributed by atoms with van der Waals surface area (Å²) >= 11 is 13.0. The summed E-state index contributed by atoms with van der Waals surface area (Å²) in [5.41, 5.74) is 9.09. The number of aromatic nitrogens is 3. The molecule has 0 saturated carbocycles. The van der Waals surface area contributed by atoms with Crippen molar-refractivity contribution in [1.29, 1.82) is 0 Å². The maximum absolute atomic E-state index is 12.5. The molecule has 43 heavy (non-hydrogen) atoms. The molecule has 6 rings (SSSR count). The van der Waals surface area contributed by atoms with Crippen LogP contribution in [0.5, 0.6) is 0 Å². The minimum atomic E-state index is -0.947. The smallest absolute Gasteiger partial charge is 0.249 e. The maximum Gasteiger partial charge on any atom is 0.249 e. The van der Waals surface area contributed by atoms with Gasteiger partial charge >= 0.3 is 0 Å². The van der Waals surface area contributed by atoms with E-state index in [-0.39, 0.29) is 0 Å². The molecule has 2 aromatic heterocycles. The Balaban J connectivity index is 0.00000180. The molecule has 0 bridgehead atoms. The Morgan fingerprint density at radius 3 is 2.30 bits per heavy atom. The number of hydrogen-bond acceptors (Lipinski definition) is 7. The van der Waals surface area contributed by atoms with Gasteiger partial charge in [0.2, 0.25) is 5.91 Å². The van der Waals surface area contributed by atoms with E-state index in [1.54, 1.807) is 0 Å². The molecule has 1 amide bonds. The molecule has 4 heterocycles. The zero-order valence-electron chi connectivity index (χ0n) is 24.6. The number of piperidine rings is 1. The van der Waals surface area contributed by atoms with Crippen molar-refractivity contribution in [2.45, 2.75) is 44.6 Å². The lowest BCUT2D eigenvalue weighted by atomic mass is 9.90. The average molecular weight is 626 g/mol. The number of aliphatic hydroxyl groups is 1. The number of primary amides is 1. The zero-order valence-corrected chi connectivity index (χ0v) is 26.1. The molecule has 0 spiro atoms. The number of nitrogens with two attached hydrogens (primary N) is 1. The Bertz CT molecular complexity index is 1560. The molecule has 0 radical (unpaired) electrons. The minimum Gasteiger partial charge on any atom is -0.400 e. The van der Waals surface area contributed by atoms with E-state index >= 15 is 0 Å². The number of aliphatic hydroxyl groups excluding tert-OH is 1. The van der Waals surface area contributed by atoms with E-state index in [1.165, 1.54) is 0 Å². The van der Waals surface area contributed by atoms with Gasteiger partial charge in [0, 0.05) is 69.4 Å². The first-order valence-electron chi connectivity index (χ1n) is 14.7. The largest absolute Gasteiger partial charge is 0.400 e. The van der Waals surface area contributed by atoms with Crippen LogP contribution in [0, 0.1) is 0 Å². The Kier molecular flexibility index (Phi) is 9.76. The molecular formula is C32H38Cl2N6O3. The summed E-state index contributed by atoms with van der Waals surface area (Å²) in [6.07, 6.45) is 4.11. The van der Waals surface area contributed by atoms with Gasteiger partial charge in [0.1, 0.15) is 22.9 Å². The van der Waals surface area contributed by atoms with Crippen LogP contribution >= 0.6 is 23.2 Å². The second-order valence-corrected chi connectivity index (χ2v) is 11.7. The van der Waals surface area contributed by atoms with Crippen molar-refractivity contribution in [3.8, 4) is 22.4 Å². The predicted molar refractivity (Wildman–Crippen MR) is 173 cm³/mol. The Labute approximate surface area is 262 Å². The molecule has 2 aliphatic heterocycles. The predicted octanol–water partition coefficient (Wildman–Crippen LogP) is 5.83. The number of anilines is 2. The van der Waals surface area contributed by atoms with Crippen LogP contribution in [0.4, 0.5) is 11.6 Å². The van der Waals surface area contributed by atoms with Crippen molar-refractivity contribution in [2.75, 3.05) is 49.7 Å². The molecular weight excluding hydrogens is 587 g/mol. The van der Waals surface area contributed by atoms with E-state index in [0.29, 0.717) is 42.6 Å². The minimum absolute atomic E-state index is 0.395. The van der Waals surface area contributed by atoms with Gasteiger partial charge < -0.3 is 25.4 Å². The highest BCUT2D eigenvalue weighted by molar-refractivity contribution is 6.33. The SMILES string of the molecule is CCCOC1(C(N)=O)CCN(c2cc(N3CCCC3)nc3c(-c4ccc(Cl)cc4)c(-c4ccccc4Cl)nn23)CC1.CO. The molecule has 0 aliphatic carbocycles. The normalized spacial score (nSPS) is 16.3. The number of carbonyl (C=O) groups excluding carboxylic acids is 1.